The number of rotatable bonds is 7. The Morgan fingerprint density at radius 3 is 2.20 bits per heavy atom. The smallest absolute Gasteiger partial charge is 0.478 e. The Balaban J connectivity index is 0.000000621. The first kappa shape index (κ1) is 34.6. The second-order valence-corrected chi connectivity index (χ2v) is 10.4. The maximum absolute atomic E-state index is 12.7. The van der Waals surface area contributed by atoms with Crippen molar-refractivity contribution < 1.29 is 43.2 Å². The number of imidazole rings is 1. The van der Waals surface area contributed by atoms with Gasteiger partial charge in [0.15, 0.2) is 0 Å². The van der Waals surface area contributed by atoms with Crippen LogP contribution in [0.4, 0.5) is 23.7 Å². The van der Waals surface area contributed by atoms with Gasteiger partial charge in [0.25, 0.3) is 0 Å². The number of nitrogens with one attached hydrogen (secondary N) is 1. The van der Waals surface area contributed by atoms with Crippen molar-refractivity contribution in [2.75, 3.05) is 18.4 Å². The number of amides is 2. The van der Waals surface area contributed by atoms with Crippen molar-refractivity contribution in [3.63, 3.8) is 0 Å². The molecule has 3 aromatic carbocycles. The van der Waals surface area contributed by atoms with Gasteiger partial charge in [-0.05, 0) is 67.1 Å². The summed E-state index contributed by atoms with van der Waals surface area (Å²) in [5.74, 6) is -2.84. The lowest BCUT2D eigenvalue weighted by Crippen LogP contribution is -2.32. The summed E-state index contributed by atoms with van der Waals surface area (Å²) >= 11 is 0. The molecule has 4 aromatic rings. The van der Waals surface area contributed by atoms with Gasteiger partial charge in [0.1, 0.15) is 5.82 Å². The van der Waals surface area contributed by atoms with E-state index in [1.54, 1.807) is 0 Å². The molecular formula is C32H35F3N4O6. The maximum Gasteiger partial charge on any atom is 0.490 e. The van der Waals surface area contributed by atoms with Crippen molar-refractivity contribution in [1.29, 1.82) is 0 Å². The van der Waals surface area contributed by atoms with Crippen molar-refractivity contribution in [2.24, 2.45) is 0 Å². The normalized spacial score (nSPS) is 12.7. The van der Waals surface area contributed by atoms with Gasteiger partial charge in [0, 0.05) is 25.2 Å². The first-order chi connectivity index (χ1) is 20.9. The lowest BCUT2D eigenvalue weighted by molar-refractivity contribution is -0.192. The summed E-state index contributed by atoms with van der Waals surface area (Å²) < 4.78 is 33.8. The number of urea groups is 1. The topological polar surface area (TPSA) is 156 Å². The van der Waals surface area contributed by atoms with Crippen molar-refractivity contribution >= 4 is 34.7 Å². The fourth-order valence-electron chi connectivity index (χ4n) is 5.17. The number of carbonyl (C=O) groups is 3. The van der Waals surface area contributed by atoms with Crippen LogP contribution in [0.5, 0.6) is 0 Å². The van der Waals surface area contributed by atoms with Crippen LogP contribution in [0.3, 0.4) is 0 Å². The molecule has 1 saturated heterocycles. The molecule has 5 rings (SSSR count). The summed E-state index contributed by atoms with van der Waals surface area (Å²) in [5.41, 5.74) is 5.66. The van der Waals surface area contributed by atoms with Gasteiger partial charge in [-0.2, -0.15) is 13.2 Å². The highest BCUT2D eigenvalue weighted by molar-refractivity contribution is 5.99. The molecule has 1 aliphatic heterocycles. The average Bonchev–Trinajstić information content (AvgIpc) is 3.64. The van der Waals surface area contributed by atoms with Crippen LogP contribution >= 0.6 is 0 Å². The van der Waals surface area contributed by atoms with Gasteiger partial charge >= 0.3 is 24.1 Å². The van der Waals surface area contributed by atoms with E-state index in [2.05, 4.69) is 16.8 Å². The summed E-state index contributed by atoms with van der Waals surface area (Å²) in [6.45, 7) is 5.55. The first-order valence-corrected chi connectivity index (χ1v) is 14.2. The molecular weight excluding hydrogens is 593 g/mol. The molecule has 0 unspecified atom stereocenters. The zero-order valence-electron chi connectivity index (χ0n) is 24.8. The molecule has 13 heteroatoms. The van der Waals surface area contributed by atoms with Gasteiger partial charge in [-0.1, -0.05) is 49.7 Å². The Morgan fingerprint density at radius 2 is 1.62 bits per heavy atom. The van der Waals surface area contributed by atoms with E-state index in [0.717, 1.165) is 73.3 Å². The standard InChI is InChI=1S/C30H32N4O3.C2HF3O2.H2O/c1-3-4-12-27-32-24-15-13-22(31-30(37)33-17-8-9-18-33)19-26(24)34(27)25-16-14-23(21-10-6-5-7-11-21)28(20(25)2)29(35)36;3-2(4,5)1(6)7;/h5-7,10-11,13-16,19H,3-4,8-9,12,17-18H2,1-2H3,(H,31,37)(H,35,36);(H,6,7);1H2. The van der Waals surface area contributed by atoms with E-state index < -0.39 is 18.1 Å². The van der Waals surface area contributed by atoms with Gasteiger partial charge < -0.3 is 25.9 Å². The van der Waals surface area contributed by atoms with E-state index >= 15 is 0 Å². The fraction of sp³-hybridized carbons (Fsp3) is 0.312. The molecule has 10 nitrogen and oxygen atoms in total. The van der Waals surface area contributed by atoms with Crippen LogP contribution in [-0.2, 0) is 11.2 Å². The zero-order valence-corrected chi connectivity index (χ0v) is 24.8. The number of alkyl halides is 3. The molecule has 0 spiro atoms. The highest BCUT2D eigenvalue weighted by atomic mass is 19.4. The second kappa shape index (κ2) is 14.7. The monoisotopic (exact) mass is 628 g/mol. The predicted molar refractivity (Wildman–Crippen MR) is 164 cm³/mol. The van der Waals surface area contributed by atoms with Crippen LogP contribution in [0.1, 0.15) is 54.4 Å². The number of carbonyl (C=O) groups excluding carboxylic acids is 1. The minimum absolute atomic E-state index is 0. The minimum atomic E-state index is -5.08. The van der Waals surface area contributed by atoms with Crippen molar-refractivity contribution in [3.05, 3.63) is 77.6 Å². The molecule has 0 atom stereocenters. The highest BCUT2D eigenvalue weighted by Gasteiger charge is 2.38. The molecule has 0 aliphatic carbocycles. The number of carboxylic acid groups (broad SMARTS) is 2. The molecule has 0 bridgehead atoms. The fourth-order valence-corrected chi connectivity index (χ4v) is 5.17. The quantitative estimate of drug-likeness (QED) is 0.213. The Labute approximate surface area is 257 Å². The predicted octanol–water partition coefficient (Wildman–Crippen LogP) is 6.48. The molecule has 1 aromatic heterocycles. The number of hydrogen-bond acceptors (Lipinski definition) is 4. The van der Waals surface area contributed by atoms with Gasteiger partial charge in [-0.25, -0.2) is 19.4 Å². The van der Waals surface area contributed by atoms with Gasteiger partial charge in [0.05, 0.1) is 22.3 Å². The first-order valence-electron chi connectivity index (χ1n) is 14.2. The molecule has 240 valence electrons. The molecule has 0 saturated carbocycles. The van der Waals surface area contributed by atoms with Gasteiger partial charge in [0.2, 0.25) is 0 Å². The molecule has 2 amide bonds. The Kier molecular flexibility index (Phi) is 11.3. The van der Waals surface area contributed by atoms with E-state index in [9.17, 15) is 27.9 Å². The van der Waals surface area contributed by atoms with E-state index in [1.165, 1.54) is 0 Å². The molecule has 45 heavy (non-hydrogen) atoms. The highest BCUT2D eigenvalue weighted by Crippen LogP contribution is 2.33. The number of unbranched alkanes of at least 4 members (excludes halogenated alkanes) is 1. The van der Waals surface area contributed by atoms with Crippen molar-refractivity contribution in [3.8, 4) is 16.8 Å². The molecule has 1 fully saturated rings. The number of aryl methyl sites for hydroxylation is 1. The third-order valence-electron chi connectivity index (χ3n) is 7.34. The third kappa shape index (κ3) is 7.98. The molecule has 2 heterocycles. The number of aromatic carboxylic acids is 1. The summed E-state index contributed by atoms with van der Waals surface area (Å²) in [6, 6.07) is 19.1. The van der Waals surface area contributed by atoms with E-state index in [4.69, 9.17) is 14.9 Å². The molecule has 0 radical (unpaired) electrons. The number of aromatic nitrogens is 2. The minimum Gasteiger partial charge on any atom is -0.478 e. The van der Waals surface area contributed by atoms with Gasteiger partial charge in [-0.15, -0.1) is 0 Å². The average molecular weight is 629 g/mol. The van der Waals surface area contributed by atoms with Crippen LogP contribution in [-0.4, -0.2) is 67.4 Å². The zero-order chi connectivity index (χ0) is 32.0. The SMILES string of the molecule is CCCCc1nc2ccc(NC(=O)N3CCCC3)cc2n1-c1ccc(-c2ccccc2)c(C(=O)O)c1C.O.O=C(O)C(F)(F)F. The number of benzene rings is 3. The second-order valence-electron chi connectivity index (χ2n) is 10.4. The number of fused-ring (bicyclic) bond motifs is 1. The third-order valence-corrected chi connectivity index (χ3v) is 7.34. The Hall–Kier alpha value is -4.91. The van der Waals surface area contributed by atoms with E-state index in [-0.39, 0.29) is 17.1 Å². The van der Waals surface area contributed by atoms with E-state index in [0.29, 0.717) is 16.8 Å². The number of carboxylic acids is 2. The van der Waals surface area contributed by atoms with Crippen LogP contribution in [0.2, 0.25) is 0 Å². The van der Waals surface area contributed by atoms with E-state index in [1.807, 2.05) is 72.5 Å². The van der Waals surface area contributed by atoms with Crippen molar-refractivity contribution in [1.82, 2.24) is 14.5 Å². The number of aliphatic carboxylic acids is 1. The molecule has 1 aliphatic rings. The number of nitrogens with zero attached hydrogens (tertiary/aromatic N) is 3. The summed E-state index contributed by atoms with van der Waals surface area (Å²) in [5, 5.41) is 20.4. The van der Waals surface area contributed by atoms with Gasteiger partial charge in [-0.3, -0.25) is 4.57 Å². The van der Waals surface area contributed by atoms with Crippen molar-refractivity contribution in [2.45, 2.75) is 52.1 Å². The number of anilines is 1. The largest absolute Gasteiger partial charge is 0.490 e. The van der Waals surface area contributed by atoms with Crippen LogP contribution in [0, 0.1) is 6.92 Å². The summed E-state index contributed by atoms with van der Waals surface area (Å²) in [4.78, 5) is 40.8. The Bertz CT molecular complexity index is 1670. The number of likely N-dealkylation sites (tertiary alicyclic amines) is 1. The van der Waals surface area contributed by atoms with Crippen LogP contribution < -0.4 is 5.32 Å². The Morgan fingerprint density at radius 1 is 0.978 bits per heavy atom. The lowest BCUT2D eigenvalue weighted by atomic mass is 9.94. The summed E-state index contributed by atoms with van der Waals surface area (Å²) in [7, 11) is 0. The van der Waals surface area contributed by atoms with Crippen LogP contribution in [0.25, 0.3) is 27.8 Å². The number of hydrogen-bond donors (Lipinski definition) is 3. The maximum atomic E-state index is 12.7. The number of halogens is 3. The summed E-state index contributed by atoms with van der Waals surface area (Å²) in [6.07, 6.45) is -0.265. The lowest BCUT2D eigenvalue weighted by Gasteiger charge is -2.18. The molecule has 5 N–H and O–H groups in total. The van der Waals surface area contributed by atoms with Crippen LogP contribution in [0.15, 0.2) is 60.7 Å².